The van der Waals surface area contributed by atoms with E-state index >= 15 is 4.39 Å². The summed E-state index contributed by atoms with van der Waals surface area (Å²) in [6, 6.07) is 10.0. The Kier molecular flexibility index (Phi) is 6.73. The van der Waals surface area contributed by atoms with Crippen LogP contribution in [0.25, 0.3) is 11.1 Å². The van der Waals surface area contributed by atoms with Crippen LogP contribution in [0.1, 0.15) is 48.0 Å². The molecule has 3 aromatic rings. The number of nitrogens with one attached hydrogen (secondary N) is 1. The summed E-state index contributed by atoms with van der Waals surface area (Å²) in [4.78, 5) is 26.2. The van der Waals surface area contributed by atoms with Crippen molar-refractivity contribution in [1.29, 1.82) is 0 Å². The Labute approximate surface area is 184 Å². The molecule has 8 nitrogen and oxygen atoms in total. The van der Waals surface area contributed by atoms with Crippen molar-refractivity contribution < 1.29 is 31.9 Å². The number of aromatic carboxylic acids is 1. The summed E-state index contributed by atoms with van der Waals surface area (Å²) in [6.45, 7) is 2.99. The largest absolute Gasteiger partial charge is 0.474 e. The van der Waals surface area contributed by atoms with E-state index in [-0.39, 0.29) is 22.4 Å². The lowest BCUT2D eigenvalue weighted by atomic mass is 10.0. The predicted octanol–water partition coefficient (Wildman–Crippen LogP) is 3.55. The third-order valence-electron chi connectivity index (χ3n) is 4.59. The molecule has 0 fully saturated rings. The minimum Gasteiger partial charge on any atom is -0.474 e. The Balaban J connectivity index is 1.98. The second kappa shape index (κ2) is 9.31. The number of halogens is 1. The highest BCUT2D eigenvalue weighted by atomic mass is 32.2. The summed E-state index contributed by atoms with van der Waals surface area (Å²) in [5.41, 5.74) is 1.14. The number of hydrogen-bond donors (Lipinski definition) is 2. The zero-order valence-corrected chi connectivity index (χ0v) is 18.2. The van der Waals surface area contributed by atoms with Gasteiger partial charge in [-0.15, -0.1) is 0 Å². The van der Waals surface area contributed by atoms with Crippen molar-refractivity contribution in [3.05, 3.63) is 71.2 Å². The number of nitrogens with zero attached hydrogens (tertiary/aromatic N) is 1. The molecular weight excluding hydrogens is 439 g/mol. The molecule has 0 bridgehead atoms. The Morgan fingerprint density at radius 3 is 2.50 bits per heavy atom. The number of aromatic nitrogens is 1. The van der Waals surface area contributed by atoms with E-state index in [1.807, 2.05) is 11.6 Å². The van der Waals surface area contributed by atoms with Crippen LogP contribution in [0.3, 0.4) is 0 Å². The van der Waals surface area contributed by atoms with Gasteiger partial charge in [-0.3, -0.25) is 4.79 Å². The highest BCUT2D eigenvalue weighted by Crippen LogP contribution is 2.30. The zero-order valence-electron chi connectivity index (χ0n) is 17.4. The fourth-order valence-electron chi connectivity index (χ4n) is 3.29. The van der Waals surface area contributed by atoms with E-state index in [9.17, 15) is 18.0 Å². The Bertz CT molecular complexity index is 1280. The molecule has 1 heterocycles. The van der Waals surface area contributed by atoms with Gasteiger partial charge in [0.15, 0.2) is 0 Å². The number of benzene rings is 2. The molecule has 0 unspecified atom stereocenters. The summed E-state index contributed by atoms with van der Waals surface area (Å²) < 4.78 is 47.2. The van der Waals surface area contributed by atoms with Crippen LogP contribution in [-0.4, -0.2) is 30.4 Å². The number of carboxylic acids is 1. The number of carbonyl (C=O) groups is 2. The van der Waals surface area contributed by atoms with E-state index in [4.69, 9.17) is 9.52 Å². The van der Waals surface area contributed by atoms with Gasteiger partial charge in [0.2, 0.25) is 5.91 Å². The molecule has 0 atom stereocenters. The lowest BCUT2D eigenvalue weighted by Crippen LogP contribution is -2.28. The summed E-state index contributed by atoms with van der Waals surface area (Å²) in [5, 5.41) is 9.12. The molecule has 2 aromatic carbocycles. The Morgan fingerprint density at radius 2 is 1.88 bits per heavy atom. The van der Waals surface area contributed by atoms with Crippen LogP contribution in [0.4, 0.5) is 4.39 Å². The van der Waals surface area contributed by atoms with Gasteiger partial charge in [0.05, 0.1) is 10.6 Å². The molecule has 0 aliphatic heterocycles. The van der Waals surface area contributed by atoms with Gasteiger partial charge >= 0.3 is 11.9 Å². The number of carboxylic acid groups (broad SMARTS) is 1. The van der Waals surface area contributed by atoms with Crippen LogP contribution < -0.4 is 4.72 Å². The van der Waals surface area contributed by atoms with Gasteiger partial charge in [-0.2, -0.15) is 0 Å². The molecule has 0 saturated heterocycles. The SMILES string of the molecule is CCCc1nc(C(=O)O)oc1Cc1ccc(-c2ccccc2S(=O)(=O)NC(C)=O)c(F)c1. The van der Waals surface area contributed by atoms with Crippen LogP contribution in [0.5, 0.6) is 0 Å². The van der Waals surface area contributed by atoms with E-state index in [1.54, 1.807) is 12.1 Å². The van der Waals surface area contributed by atoms with E-state index in [2.05, 4.69) is 4.98 Å². The van der Waals surface area contributed by atoms with E-state index in [0.29, 0.717) is 23.4 Å². The van der Waals surface area contributed by atoms with Crippen LogP contribution in [0.2, 0.25) is 0 Å². The van der Waals surface area contributed by atoms with Crippen molar-refractivity contribution in [2.75, 3.05) is 0 Å². The number of carbonyl (C=O) groups excluding carboxylic acids is 1. The van der Waals surface area contributed by atoms with Gasteiger partial charge in [-0.25, -0.2) is 27.3 Å². The monoisotopic (exact) mass is 460 g/mol. The fourth-order valence-corrected chi connectivity index (χ4v) is 4.50. The van der Waals surface area contributed by atoms with Gasteiger partial charge in [-0.05, 0) is 24.1 Å². The third-order valence-corrected chi connectivity index (χ3v) is 6.08. The molecule has 0 aliphatic carbocycles. The molecule has 0 saturated carbocycles. The standard InChI is InChI=1S/C22H21FN2O6S/c1-3-6-18-19(31-21(24-18)22(27)28)12-14-9-10-15(17(23)11-14)16-7-4-5-8-20(16)32(29,30)25-13(2)26/h4-5,7-11H,3,6,12H2,1-2H3,(H,25,26)(H,27,28). The number of sulfonamides is 1. The van der Waals surface area contributed by atoms with E-state index < -0.39 is 33.6 Å². The molecule has 1 aromatic heterocycles. The quantitative estimate of drug-likeness (QED) is 0.526. The molecule has 0 aliphatic rings. The summed E-state index contributed by atoms with van der Waals surface area (Å²) in [6.07, 6.45) is 1.37. The van der Waals surface area contributed by atoms with Crippen LogP contribution >= 0.6 is 0 Å². The first kappa shape index (κ1) is 23.1. The maximum Gasteiger partial charge on any atom is 0.392 e. The molecule has 32 heavy (non-hydrogen) atoms. The first-order chi connectivity index (χ1) is 15.1. The van der Waals surface area contributed by atoms with E-state index in [0.717, 1.165) is 13.3 Å². The van der Waals surface area contributed by atoms with Crippen LogP contribution in [-0.2, 0) is 27.7 Å². The third kappa shape index (κ3) is 5.02. The lowest BCUT2D eigenvalue weighted by molar-refractivity contribution is -0.117. The smallest absolute Gasteiger partial charge is 0.392 e. The van der Waals surface area contributed by atoms with Gasteiger partial charge in [0, 0.05) is 24.5 Å². The predicted molar refractivity (Wildman–Crippen MR) is 113 cm³/mol. The summed E-state index contributed by atoms with van der Waals surface area (Å²) in [7, 11) is -4.18. The second-order valence-corrected chi connectivity index (χ2v) is 8.74. The molecule has 3 rings (SSSR count). The van der Waals surface area contributed by atoms with Crippen molar-refractivity contribution in [3.63, 3.8) is 0 Å². The molecule has 10 heteroatoms. The van der Waals surface area contributed by atoms with Crippen molar-refractivity contribution in [2.24, 2.45) is 0 Å². The van der Waals surface area contributed by atoms with Gasteiger partial charge in [0.1, 0.15) is 11.6 Å². The highest BCUT2D eigenvalue weighted by molar-refractivity contribution is 7.90. The van der Waals surface area contributed by atoms with Gasteiger partial charge in [-0.1, -0.05) is 43.7 Å². The zero-order chi connectivity index (χ0) is 23.5. The topological polar surface area (TPSA) is 127 Å². The molecule has 1 amide bonds. The minimum atomic E-state index is -4.18. The van der Waals surface area contributed by atoms with Crippen LogP contribution in [0, 0.1) is 5.82 Å². The minimum absolute atomic E-state index is 0.0378. The Morgan fingerprint density at radius 1 is 1.16 bits per heavy atom. The molecule has 2 N–H and O–H groups in total. The lowest BCUT2D eigenvalue weighted by Gasteiger charge is -2.12. The number of oxazole rings is 1. The van der Waals surface area contributed by atoms with Crippen molar-refractivity contribution in [1.82, 2.24) is 9.71 Å². The maximum absolute atomic E-state index is 15.0. The maximum atomic E-state index is 15.0. The first-order valence-corrected chi connectivity index (χ1v) is 11.2. The van der Waals surface area contributed by atoms with Crippen molar-refractivity contribution in [3.8, 4) is 11.1 Å². The van der Waals surface area contributed by atoms with Gasteiger partial charge < -0.3 is 9.52 Å². The number of rotatable bonds is 8. The average Bonchev–Trinajstić information content (AvgIpc) is 3.10. The molecule has 0 radical (unpaired) electrons. The van der Waals surface area contributed by atoms with Crippen molar-refractivity contribution >= 4 is 21.9 Å². The number of aryl methyl sites for hydroxylation is 1. The molecule has 168 valence electrons. The van der Waals surface area contributed by atoms with E-state index in [1.165, 1.54) is 30.3 Å². The van der Waals surface area contributed by atoms with Gasteiger partial charge in [0.25, 0.3) is 10.0 Å². The number of hydrogen-bond acceptors (Lipinski definition) is 6. The highest BCUT2D eigenvalue weighted by Gasteiger charge is 2.22. The van der Waals surface area contributed by atoms with Crippen molar-refractivity contribution in [2.45, 2.75) is 38.0 Å². The number of amides is 1. The fraction of sp³-hybridized carbons (Fsp3) is 0.227. The normalized spacial score (nSPS) is 11.3. The summed E-state index contributed by atoms with van der Waals surface area (Å²) in [5.74, 6) is -2.80. The van der Waals surface area contributed by atoms with Crippen LogP contribution in [0.15, 0.2) is 51.8 Å². The first-order valence-electron chi connectivity index (χ1n) is 9.75. The second-order valence-electron chi connectivity index (χ2n) is 7.09. The summed E-state index contributed by atoms with van der Waals surface area (Å²) >= 11 is 0. The average molecular weight is 460 g/mol. The molecule has 0 spiro atoms. The molecular formula is C22H21FN2O6S. The Hall–Kier alpha value is -3.53.